The van der Waals surface area contributed by atoms with Gasteiger partial charge in [-0.3, -0.25) is 4.79 Å². The molecule has 7 heteroatoms. The second-order valence-corrected chi connectivity index (χ2v) is 9.92. The number of carbonyl (C=O) groups excluding carboxylic acids is 1. The number of fused-ring (bicyclic) bond motifs is 1. The van der Waals surface area contributed by atoms with Crippen molar-refractivity contribution in [1.29, 1.82) is 0 Å². The van der Waals surface area contributed by atoms with Crippen LogP contribution in [0.5, 0.6) is 0 Å². The van der Waals surface area contributed by atoms with Gasteiger partial charge in [-0.2, -0.15) is 4.99 Å². The minimum Gasteiger partial charge on any atom is -0.316 e. The Morgan fingerprint density at radius 3 is 2.54 bits per heavy atom. The molecule has 130 valence electrons. The van der Waals surface area contributed by atoms with Crippen LogP contribution in [0.1, 0.15) is 38.7 Å². The second-order valence-electron chi connectivity index (χ2n) is 6.56. The molecule has 0 saturated carbocycles. The van der Waals surface area contributed by atoms with Gasteiger partial charge < -0.3 is 4.90 Å². The van der Waals surface area contributed by atoms with E-state index in [1.165, 1.54) is 17.3 Å². The third-order valence-electron chi connectivity index (χ3n) is 4.43. The van der Waals surface area contributed by atoms with E-state index in [0.29, 0.717) is 17.5 Å². The first-order valence-corrected chi connectivity index (χ1v) is 10.9. The maximum Gasteiger partial charge on any atom is 0.247 e. The van der Waals surface area contributed by atoms with Crippen molar-refractivity contribution in [3.8, 4) is 0 Å². The number of rotatable bonds is 3. The number of carbonyl (C=O) groups is 1. The maximum atomic E-state index is 12.0. The van der Waals surface area contributed by atoms with Crippen LogP contribution in [0.2, 0.25) is 0 Å². The summed E-state index contributed by atoms with van der Waals surface area (Å²) in [7, 11) is -3.03. The Hall–Kier alpha value is -1.34. The summed E-state index contributed by atoms with van der Waals surface area (Å²) in [4.78, 5) is 17.9. The molecule has 2 heterocycles. The number of sulfone groups is 1. The third-order valence-corrected chi connectivity index (χ3v) is 7.64. The summed E-state index contributed by atoms with van der Waals surface area (Å²) in [6.45, 7) is 6.04. The number of aliphatic imine (C=N–C) groups is 1. The highest BCUT2D eigenvalue weighted by molar-refractivity contribution is 8.16. The quantitative estimate of drug-likeness (QED) is 0.823. The lowest BCUT2D eigenvalue weighted by Crippen LogP contribution is -2.37. The van der Waals surface area contributed by atoms with Crippen molar-refractivity contribution in [2.24, 2.45) is 4.99 Å². The number of hydrogen-bond acceptors (Lipinski definition) is 4. The second kappa shape index (κ2) is 6.52. The van der Waals surface area contributed by atoms with Crippen molar-refractivity contribution < 1.29 is 13.2 Å². The highest BCUT2D eigenvalue weighted by Crippen LogP contribution is 2.41. The first-order chi connectivity index (χ1) is 11.3. The van der Waals surface area contributed by atoms with Gasteiger partial charge in [0.1, 0.15) is 0 Å². The zero-order valence-corrected chi connectivity index (χ0v) is 15.7. The Morgan fingerprint density at radius 2 is 1.96 bits per heavy atom. The van der Waals surface area contributed by atoms with Crippen molar-refractivity contribution in [3.63, 3.8) is 0 Å². The molecule has 24 heavy (non-hydrogen) atoms. The van der Waals surface area contributed by atoms with E-state index in [-0.39, 0.29) is 28.7 Å². The first kappa shape index (κ1) is 17.5. The van der Waals surface area contributed by atoms with Crippen LogP contribution in [0.3, 0.4) is 0 Å². The van der Waals surface area contributed by atoms with E-state index in [4.69, 9.17) is 0 Å². The summed E-state index contributed by atoms with van der Waals surface area (Å²) < 4.78 is 24.0. The Labute approximate surface area is 147 Å². The van der Waals surface area contributed by atoms with Gasteiger partial charge >= 0.3 is 0 Å². The van der Waals surface area contributed by atoms with Gasteiger partial charge in [0.15, 0.2) is 15.0 Å². The van der Waals surface area contributed by atoms with Crippen LogP contribution in [0.4, 0.5) is 5.69 Å². The lowest BCUT2D eigenvalue weighted by molar-refractivity contribution is -0.117. The van der Waals surface area contributed by atoms with Crippen LogP contribution >= 0.6 is 11.8 Å². The maximum absolute atomic E-state index is 12.0. The SMILES string of the molecule is CCC(=O)N=C1S[C@H]2CS(=O)(=O)C[C@H]2N1c1ccc(C(C)C)cc1. The van der Waals surface area contributed by atoms with Crippen LogP contribution < -0.4 is 4.90 Å². The van der Waals surface area contributed by atoms with E-state index in [0.717, 1.165) is 5.69 Å². The van der Waals surface area contributed by atoms with Gasteiger partial charge in [-0.15, -0.1) is 0 Å². The molecule has 1 aromatic carbocycles. The van der Waals surface area contributed by atoms with Crippen molar-refractivity contribution in [2.45, 2.75) is 44.4 Å². The smallest absolute Gasteiger partial charge is 0.247 e. The summed E-state index contributed by atoms with van der Waals surface area (Å²) in [5.74, 6) is 0.531. The molecule has 0 bridgehead atoms. The molecular weight excluding hydrogens is 344 g/mol. The molecule has 2 aliphatic heterocycles. The molecular formula is C17H22N2O3S2. The van der Waals surface area contributed by atoms with E-state index in [1.54, 1.807) is 6.92 Å². The Balaban J connectivity index is 1.98. The van der Waals surface area contributed by atoms with Crippen LogP contribution in [0.25, 0.3) is 0 Å². The van der Waals surface area contributed by atoms with Crippen LogP contribution in [0.15, 0.2) is 29.3 Å². The Kier molecular flexibility index (Phi) is 4.75. The fraction of sp³-hybridized carbons (Fsp3) is 0.529. The lowest BCUT2D eigenvalue weighted by Gasteiger charge is -2.25. The third kappa shape index (κ3) is 3.37. The standard InChI is InChI=1S/C17H22N2O3S2/c1-4-16(20)18-17-19(13-7-5-12(6-8-13)11(2)3)14-9-24(21,22)10-15(14)23-17/h5-8,11,14-15H,4,9-10H2,1-3H3/t14-,15+/m1/s1. The van der Waals surface area contributed by atoms with E-state index < -0.39 is 9.84 Å². The van der Waals surface area contributed by atoms with Gasteiger partial charge in [0, 0.05) is 17.4 Å². The van der Waals surface area contributed by atoms with Crippen molar-refractivity contribution in [3.05, 3.63) is 29.8 Å². The molecule has 1 aromatic rings. The van der Waals surface area contributed by atoms with E-state index in [1.807, 2.05) is 17.0 Å². The average Bonchev–Trinajstić information content (AvgIpc) is 2.98. The Morgan fingerprint density at radius 1 is 1.29 bits per heavy atom. The highest BCUT2D eigenvalue weighted by Gasteiger charge is 2.49. The normalized spacial score (nSPS) is 27.0. The minimum atomic E-state index is -3.03. The molecule has 2 saturated heterocycles. The predicted molar refractivity (Wildman–Crippen MR) is 99.6 cm³/mol. The first-order valence-electron chi connectivity index (χ1n) is 8.18. The topological polar surface area (TPSA) is 66.8 Å². The van der Waals surface area contributed by atoms with Gasteiger partial charge in [-0.1, -0.05) is 44.7 Å². The van der Waals surface area contributed by atoms with E-state index in [9.17, 15) is 13.2 Å². The van der Waals surface area contributed by atoms with Crippen molar-refractivity contribution in [2.75, 3.05) is 16.4 Å². The van der Waals surface area contributed by atoms with Gasteiger partial charge in [0.05, 0.1) is 17.5 Å². The molecule has 2 fully saturated rings. The fourth-order valence-electron chi connectivity index (χ4n) is 3.07. The molecule has 3 rings (SSSR count). The molecule has 2 atom stereocenters. The monoisotopic (exact) mass is 366 g/mol. The van der Waals surface area contributed by atoms with Crippen LogP contribution in [0, 0.1) is 0 Å². The zero-order valence-electron chi connectivity index (χ0n) is 14.1. The number of nitrogens with zero attached hydrogens (tertiary/aromatic N) is 2. The number of amidine groups is 1. The van der Waals surface area contributed by atoms with Gasteiger partial charge in [0.2, 0.25) is 5.91 Å². The molecule has 0 N–H and O–H groups in total. The summed E-state index contributed by atoms with van der Waals surface area (Å²) in [5, 5.41) is 0.576. The van der Waals surface area contributed by atoms with Gasteiger partial charge in [-0.25, -0.2) is 8.42 Å². The average molecular weight is 367 g/mol. The molecule has 2 aliphatic rings. The largest absolute Gasteiger partial charge is 0.316 e. The molecule has 0 aliphatic carbocycles. The van der Waals surface area contributed by atoms with Gasteiger partial charge in [-0.05, 0) is 23.6 Å². The number of hydrogen-bond donors (Lipinski definition) is 0. The summed E-state index contributed by atoms with van der Waals surface area (Å²) in [6.07, 6.45) is 0.345. The number of amides is 1. The predicted octanol–water partition coefficient (Wildman–Crippen LogP) is 2.82. The molecule has 0 spiro atoms. The molecule has 0 unspecified atom stereocenters. The van der Waals surface area contributed by atoms with Crippen LogP contribution in [-0.2, 0) is 14.6 Å². The summed E-state index contributed by atoms with van der Waals surface area (Å²) in [5.41, 5.74) is 2.13. The highest BCUT2D eigenvalue weighted by atomic mass is 32.2. The molecule has 0 radical (unpaired) electrons. The van der Waals surface area contributed by atoms with E-state index in [2.05, 4.69) is 31.0 Å². The molecule has 1 amide bonds. The summed E-state index contributed by atoms with van der Waals surface area (Å²) in [6, 6.07) is 7.96. The fourth-order valence-corrected chi connectivity index (χ4v) is 7.00. The number of thioether (sulfide) groups is 1. The van der Waals surface area contributed by atoms with E-state index >= 15 is 0 Å². The van der Waals surface area contributed by atoms with Gasteiger partial charge in [0.25, 0.3) is 0 Å². The minimum absolute atomic E-state index is 0.0526. The van der Waals surface area contributed by atoms with Crippen molar-refractivity contribution >= 4 is 38.4 Å². The number of benzene rings is 1. The van der Waals surface area contributed by atoms with Crippen molar-refractivity contribution in [1.82, 2.24) is 0 Å². The Bertz CT molecular complexity index is 770. The lowest BCUT2D eigenvalue weighted by atomic mass is 10.0. The number of anilines is 1. The molecule has 0 aromatic heterocycles. The molecule has 5 nitrogen and oxygen atoms in total. The van der Waals surface area contributed by atoms with Crippen LogP contribution in [-0.4, -0.2) is 42.3 Å². The zero-order chi connectivity index (χ0) is 17.5. The summed E-state index contributed by atoms with van der Waals surface area (Å²) >= 11 is 1.42.